The predicted octanol–water partition coefficient (Wildman–Crippen LogP) is 2.06. The molecule has 1 unspecified atom stereocenters. The molecule has 4 heteroatoms. The maximum absolute atomic E-state index is 6.16. The van der Waals surface area contributed by atoms with Crippen molar-refractivity contribution in [3.63, 3.8) is 0 Å². The maximum Gasteiger partial charge on any atom is 0.0594 e. The molecule has 1 aliphatic rings. The van der Waals surface area contributed by atoms with Gasteiger partial charge in [-0.1, -0.05) is 23.7 Å². The van der Waals surface area contributed by atoms with E-state index in [4.69, 9.17) is 22.1 Å². The summed E-state index contributed by atoms with van der Waals surface area (Å²) in [4.78, 5) is 2.40. The molecule has 94 valence electrons. The fourth-order valence-corrected chi connectivity index (χ4v) is 2.15. The topological polar surface area (TPSA) is 38.5 Å². The van der Waals surface area contributed by atoms with Crippen LogP contribution in [0.4, 0.5) is 0 Å². The van der Waals surface area contributed by atoms with Crippen LogP contribution in [-0.2, 0) is 4.74 Å². The summed E-state index contributed by atoms with van der Waals surface area (Å²) < 4.78 is 5.32. The van der Waals surface area contributed by atoms with E-state index < -0.39 is 0 Å². The summed E-state index contributed by atoms with van der Waals surface area (Å²) in [5.74, 6) is 0. The highest BCUT2D eigenvalue weighted by atomic mass is 35.5. The van der Waals surface area contributed by atoms with Crippen molar-refractivity contribution < 1.29 is 4.74 Å². The van der Waals surface area contributed by atoms with Crippen molar-refractivity contribution >= 4 is 11.6 Å². The molecule has 0 bridgehead atoms. The molecular formula is C13H19ClN2O. The first-order valence-corrected chi connectivity index (χ1v) is 6.44. The number of benzene rings is 1. The molecule has 1 saturated heterocycles. The van der Waals surface area contributed by atoms with Crippen LogP contribution in [0.3, 0.4) is 0 Å². The van der Waals surface area contributed by atoms with Crippen LogP contribution in [0.2, 0.25) is 5.02 Å². The zero-order valence-corrected chi connectivity index (χ0v) is 10.7. The number of ether oxygens (including phenoxy) is 1. The zero-order valence-electron chi connectivity index (χ0n) is 9.94. The van der Waals surface area contributed by atoms with Gasteiger partial charge in [-0.3, -0.25) is 4.90 Å². The lowest BCUT2D eigenvalue weighted by atomic mass is 10.0. The molecule has 0 aromatic heterocycles. The Balaban J connectivity index is 1.80. The standard InChI is InChI=1S/C13H19ClN2O/c14-12-3-1-11(2-4-12)13(15)5-6-16-7-9-17-10-8-16/h1-4,13H,5-10,15H2. The molecule has 1 aliphatic heterocycles. The van der Waals surface area contributed by atoms with Crippen LogP contribution in [0.5, 0.6) is 0 Å². The molecule has 1 atom stereocenters. The van der Waals surface area contributed by atoms with E-state index in [0.717, 1.165) is 49.9 Å². The third-order valence-corrected chi connectivity index (χ3v) is 3.41. The smallest absolute Gasteiger partial charge is 0.0594 e. The second-order valence-corrected chi connectivity index (χ2v) is 4.84. The first-order valence-electron chi connectivity index (χ1n) is 6.07. The van der Waals surface area contributed by atoms with Gasteiger partial charge in [-0.25, -0.2) is 0 Å². The van der Waals surface area contributed by atoms with E-state index in [1.165, 1.54) is 0 Å². The van der Waals surface area contributed by atoms with Gasteiger partial charge in [-0.05, 0) is 24.1 Å². The van der Waals surface area contributed by atoms with Crippen LogP contribution in [-0.4, -0.2) is 37.7 Å². The number of nitrogens with two attached hydrogens (primary N) is 1. The van der Waals surface area contributed by atoms with Gasteiger partial charge in [0.25, 0.3) is 0 Å². The third-order valence-electron chi connectivity index (χ3n) is 3.16. The zero-order chi connectivity index (χ0) is 12.1. The summed E-state index contributed by atoms with van der Waals surface area (Å²) in [6, 6.07) is 7.89. The molecular weight excluding hydrogens is 236 g/mol. The summed E-state index contributed by atoms with van der Waals surface area (Å²) in [6.45, 7) is 4.76. The van der Waals surface area contributed by atoms with Crippen LogP contribution in [0.15, 0.2) is 24.3 Å². The Labute approximate surface area is 107 Å². The molecule has 1 heterocycles. The molecule has 0 saturated carbocycles. The Morgan fingerprint density at radius 1 is 1.24 bits per heavy atom. The van der Waals surface area contributed by atoms with Gasteiger partial charge in [0.05, 0.1) is 13.2 Å². The van der Waals surface area contributed by atoms with Crippen LogP contribution in [0, 0.1) is 0 Å². The molecule has 3 nitrogen and oxygen atoms in total. The first-order chi connectivity index (χ1) is 8.25. The Hall–Kier alpha value is -0.610. The molecule has 2 rings (SSSR count). The summed E-state index contributed by atoms with van der Waals surface area (Å²) in [5.41, 5.74) is 7.32. The Morgan fingerprint density at radius 3 is 2.53 bits per heavy atom. The van der Waals surface area contributed by atoms with Crippen LogP contribution >= 0.6 is 11.6 Å². The number of hydrogen-bond donors (Lipinski definition) is 1. The minimum absolute atomic E-state index is 0.0927. The number of halogens is 1. The minimum atomic E-state index is 0.0927. The average Bonchev–Trinajstić information content (AvgIpc) is 2.38. The number of morpholine rings is 1. The number of hydrogen-bond acceptors (Lipinski definition) is 3. The monoisotopic (exact) mass is 254 g/mol. The molecule has 17 heavy (non-hydrogen) atoms. The van der Waals surface area contributed by atoms with E-state index in [1.807, 2.05) is 24.3 Å². The number of rotatable bonds is 4. The molecule has 2 N–H and O–H groups in total. The second kappa shape index (κ2) is 6.36. The summed E-state index contributed by atoms with van der Waals surface area (Å²) >= 11 is 5.85. The molecule has 0 aliphatic carbocycles. The highest BCUT2D eigenvalue weighted by Gasteiger charge is 2.12. The second-order valence-electron chi connectivity index (χ2n) is 4.40. The molecule has 0 amide bonds. The normalized spacial score (nSPS) is 19.2. The van der Waals surface area contributed by atoms with Crippen LogP contribution in [0.1, 0.15) is 18.0 Å². The van der Waals surface area contributed by atoms with Gasteiger partial charge in [-0.2, -0.15) is 0 Å². The quantitative estimate of drug-likeness (QED) is 0.894. The van der Waals surface area contributed by atoms with Gasteiger partial charge >= 0.3 is 0 Å². The van der Waals surface area contributed by atoms with Crippen molar-refractivity contribution in [3.8, 4) is 0 Å². The SMILES string of the molecule is NC(CCN1CCOCC1)c1ccc(Cl)cc1. The van der Waals surface area contributed by atoms with Crippen molar-refractivity contribution in [3.05, 3.63) is 34.9 Å². The fraction of sp³-hybridized carbons (Fsp3) is 0.538. The summed E-state index contributed by atoms with van der Waals surface area (Å²) in [6.07, 6.45) is 0.974. The van der Waals surface area contributed by atoms with E-state index in [9.17, 15) is 0 Å². The summed E-state index contributed by atoms with van der Waals surface area (Å²) in [7, 11) is 0. The summed E-state index contributed by atoms with van der Waals surface area (Å²) in [5, 5.41) is 0.758. The molecule has 0 spiro atoms. The van der Waals surface area contributed by atoms with E-state index in [2.05, 4.69) is 4.90 Å². The third kappa shape index (κ3) is 3.96. The Kier molecular flexibility index (Phi) is 4.80. The van der Waals surface area contributed by atoms with Gasteiger partial charge < -0.3 is 10.5 Å². The van der Waals surface area contributed by atoms with Crippen molar-refractivity contribution in [2.24, 2.45) is 5.73 Å². The lowest BCUT2D eigenvalue weighted by Gasteiger charge is -2.27. The largest absolute Gasteiger partial charge is 0.379 e. The Morgan fingerprint density at radius 2 is 1.88 bits per heavy atom. The van der Waals surface area contributed by atoms with Crippen molar-refractivity contribution in [1.29, 1.82) is 0 Å². The van der Waals surface area contributed by atoms with Crippen molar-refractivity contribution in [1.82, 2.24) is 4.90 Å². The van der Waals surface area contributed by atoms with E-state index in [-0.39, 0.29) is 6.04 Å². The lowest BCUT2D eigenvalue weighted by Crippen LogP contribution is -2.37. The van der Waals surface area contributed by atoms with Gasteiger partial charge in [0.1, 0.15) is 0 Å². The fourth-order valence-electron chi connectivity index (χ4n) is 2.02. The van der Waals surface area contributed by atoms with E-state index in [0.29, 0.717) is 0 Å². The van der Waals surface area contributed by atoms with Crippen molar-refractivity contribution in [2.45, 2.75) is 12.5 Å². The molecule has 1 aromatic rings. The maximum atomic E-state index is 6.16. The van der Waals surface area contributed by atoms with Crippen molar-refractivity contribution in [2.75, 3.05) is 32.8 Å². The lowest BCUT2D eigenvalue weighted by molar-refractivity contribution is 0.0366. The molecule has 0 radical (unpaired) electrons. The van der Waals surface area contributed by atoms with Gasteiger partial charge in [0.15, 0.2) is 0 Å². The van der Waals surface area contributed by atoms with Gasteiger partial charge in [0.2, 0.25) is 0 Å². The van der Waals surface area contributed by atoms with Crippen LogP contribution in [0.25, 0.3) is 0 Å². The van der Waals surface area contributed by atoms with Gasteiger partial charge in [0, 0.05) is 30.7 Å². The predicted molar refractivity (Wildman–Crippen MR) is 70.3 cm³/mol. The molecule has 1 aromatic carbocycles. The highest BCUT2D eigenvalue weighted by Crippen LogP contribution is 2.17. The minimum Gasteiger partial charge on any atom is -0.379 e. The molecule has 1 fully saturated rings. The van der Waals surface area contributed by atoms with E-state index >= 15 is 0 Å². The van der Waals surface area contributed by atoms with E-state index in [1.54, 1.807) is 0 Å². The first kappa shape index (κ1) is 12.8. The van der Waals surface area contributed by atoms with Crippen LogP contribution < -0.4 is 5.73 Å². The average molecular weight is 255 g/mol. The highest BCUT2D eigenvalue weighted by molar-refractivity contribution is 6.30. The number of nitrogens with zero attached hydrogens (tertiary/aromatic N) is 1. The Bertz CT molecular complexity index is 336. The van der Waals surface area contributed by atoms with Gasteiger partial charge in [-0.15, -0.1) is 0 Å².